The summed E-state index contributed by atoms with van der Waals surface area (Å²) >= 11 is 0. The summed E-state index contributed by atoms with van der Waals surface area (Å²) in [6, 6.07) is 3.82. The smallest absolute Gasteiger partial charge is 0.0922 e. The average Bonchev–Trinajstić information content (AvgIpc) is 2.24. The monoisotopic (exact) mass is 192 g/mol. The molecular formula is C11H16N2O. The average molecular weight is 192 g/mol. The molecule has 1 aliphatic rings. The lowest BCUT2D eigenvalue weighted by atomic mass is 9.85. The van der Waals surface area contributed by atoms with Gasteiger partial charge >= 0.3 is 0 Å². The first-order valence-electron chi connectivity index (χ1n) is 5.02. The van der Waals surface area contributed by atoms with Crippen molar-refractivity contribution in [3.63, 3.8) is 0 Å². The largest absolute Gasteiger partial charge is 0.385 e. The minimum absolute atomic E-state index is 0.630. The van der Waals surface area contributed by atoms with Gasteiger partial charge in [-0.3, -0.25) is 4.98 Å². The lowest BCUT2D eigenvalue weighted by Crippen LogP contribution is -2.40. The molecule has 1 N–H and O–H groups in total. The number of aliphatic hydroxyl groups is 1. The Bertz CT molecular complexity index is 291. The van der Waals surface area contributed by atoms with Gasteiger partial charge in [0.2, 0.25) is 0 Å². The highest BCUT2D eigenvalue weighted by molar-refractivity contribution is 5.19. The third-order valence-electron chi connectivity index (χ3n) is 3.03. The van der Waals surface area contributed by atoms with Crippen molar-refractivity contribution in [2.75, 3.05) is 20.1 Å². The van der Waals surface area contributed by atoms with Crippen LogP contribution in [0.5, 0.6) is 0 Å². The number of pyridine rings is 1. The number of hydrogen-bond donors (Lipinski definition) is 1. The molecule has 0 spiro atoms. The molecule has 3 heteroatoms. The first-order chi connectivity index (χ1) is 6.71. The molecule has 0 bridgehead atoms. The maximum Gasteiger partial charge on any atom is 0.0922 e. The first-order valence-corrected chi connectivity index (χ1v) is 5.02. The van der Waals surface area contributed by atoms with Gasteiger partial charge in [0.25, 0.3) is 0 Å². The van der Waals surface area contributed by atoms with E-state index in [9.17, 15) is 5.11 Å². The van der Waals surface area contributed by atoms with Crippen molar-refractivity contribution in [1.29, 1.82) is 0 Å². The predicted octanol–water partition coefficient (Wildman–Crippen LogP) is 0.995. The Morgan fingerprint density at radius 1 is 1.29 bits per heavy atom. The summed E-state index contributed by atoms with van der Waals surface area (Å²) in [6.45, 7) is 1.91. The summed E-state index contributed by atoms with van der Waals surface area (Å²) in [5.74, 6) is 0. The molecule has 2 rings (SSSR count). The van der Waals surface area contributed by atoms with Crippen LogP contribution in [0.25, 0.3) is 0 Å². The third-order valence-corrected chi connectivity index (χ3v) is 3.03. The highest BCUT2D eigenvalue weighted by atomic mass is 16.3. The third kappa shape index (κ3) is 1.79. The van der Waals surface area contributed by atoms with E-state index >= 15 is 0 Å². The topological polar surface area (TPSA) is 36.4 Å². The Kier molecular flexibility index (Phi) is 2.52. The standard InChI is InChI=1S/C11H16N2O/c1-13-8-4-11(14,5-9-13)10-2-6-12-7-3-10/h2-3,6-7,14H,4-5,8-9H2,1H3. The lowest BCUT2D eigenvalue weighted by molar-refractivity contribution is -0.0203. The van der Waals surface area contributed by atoms with E-state index in [-0.39, 0.29) is 0 Å². The van der Waals surface area contributed by atoms with Crippen molar-refractivity contribution in [2.45, 2.75) is 18.4 Å². The molecule has 1 aromatic rings. The van der Waals surface area contributed by atoms with Gasteiger partial charge in [0.05, 0.1) is 5.60 Å². The minimum Gasteiger partial charge on any atom is -0.385 e. The molecule has 0 atom stereocenters. The van der Waals surface area contributed by atoms with Gasteiger partial charge in [-0.25, -0.2) is 0 Å². The van der Waals surface area contributed by atoms with Crippen LogP contribution in [0.1, 0.15) is 18.4 Å². The quantitative estimate of drug-likeness (QED) is 0.721. The molecule has 2 heterocycles. The predicted molar refractivity (Wildman–Crippen MR) is 54.9 cm³/mol. The molecule has 1 fully saturated rings. The van der Waals surface area contributed by atoms with E-state index < -0.39 is 5.60 Å². The molecule has 0 unspecified atom stereocenters. The van der Waals surface area contributed by atoms with E-state index in [1.165, 1.54) is 0 Å². The minimum atomic E-state index is -0.630. The number of likely N-dealkylation sites (tertiary alicyclic amines) is 1. The van der Waals surface area contributed by atoms with Gasteiger partial charge < -0.3 is 10.0 Å². The van der Waals surface area contributed by atoms with E-state index in [4.69, 9.17) is 0 Å². The zero-order chi connectivity index (χ0) is 10.0. The second-order valence-corrected chi connectivity index (χ2v) is 4.07. The van der Waals surface area contributed by atoms with E-state index in [0.29, 0.717) is 0 Å². The summed E-state index contributed by atoms with van der Waals surface area (Å²) < 4.78 is 0. The fourth-order valence-corrected chi connectivity index (χ4v) is 1.94. The highest BCUT2D eigenvalue weighted by Crippen LogP contribution is 2.31. The van der Waals surface area contributed by atoms with Gasteiger partial charge in [0.1, 0.15) is 0 Å². The first kappa shape index (κ1) is 9.62. The van der Waals surface area contributed by atoms with Crippen LogP contribution in [0.15, 0.2) is 24.5 Å². The van der Waals surface area contributed by atoms with Crippen LogP contribution in [0.3, 0.4) is 0 Å². The van der Waals surface area contributed by atoms with Crippen LogP contribution in [0, 0.1) is 0 Å². The molecule has 0 aliphatic carbocycles. The van der Waals surface area contributed by atoms with Gasteiger partial charge in [-0.15, -0.1) is 0 Å². The number of rotatable bonds is 1. The van der Waals surface area contributed by atoms with E-state index in [1.54, 1.807) is 12.4 Å². The fourth-order valence-electron chi connectivity index (χ4n) is 1.94. The molecule has 1 aromatic heterocycles. The Balaban J connectivity index is 2.17. The Morgan fingerprint density at radius 2 is 1.86 bits per heavy atom. The summed E-state index contributed by atoms with van der Waals surface area (Å²) in [6.07, 6.45) is 5.11. The van der Waals surface area contributed by atoms with Crippen LogP contribution in [-0.4, -0.2) is 35.1 Å². The summed E-state index contributed by atoms with van der Waals surface area (Å²) in [7, 11) is 2.09. The normalized spacial score (nSPS) is 22.1. The maximum atomic E-state index is 10.4. The van der Waals surface area contributed by atoms with E-state index in [0.717, 1.165) is 31.5 Å². The van der Waals surface area contributed by atoms with E-state index in [2.05, 4.69) is 16.9 Å². The zero-order valence-electron chi connectivity index (χ0n) is 8.48. The molecule has 1 aliphatic heterocycles. The van der Waals surface area contributed by atoms with Gasteiger partial charge in [0, 0.05) is 25.5 Å². The number of hydrogen-bond acceptors (Lipinski definition) is 3. The van der Waals surface area contributed by atoms with Crippen molar-refractivity contribution in [3.8, 4) is 0 Å². The van der Waals surface area contributed by atoms with Crippen LogP contribution >= 0.6 is 0 Å². The van der Waals surface area contributed by atoms with Crippen molar-refractivity contribution in [3.05, 3.63) is 30.1 Å². The Labute approximate surface area is 84.4 Å². The second kappa shape index (κ2) is 3.67. The molecule has 0 saturated carbocycles. The lowest BCUT2D eigenvalue weighted by Gasteiger charge is -2.36. The fraction of sp³-hybridized carbons (Fsp3) is 0.545. The molecule has 0 amide bonds. The Morgan fingerprint density at radius 3 is 2.43 bits per heavy atom. The van der Waals surface area contributed by atoms with Crippen molar-refractivity contribution in [2.24, 2.45) is 0 Å². The van der Waals surface area contributed by atoms with Gasteiger partial charge in [0.15, 0.2) is 0 Å². The van der Waals surface area contributed by atoms with Gasteiger partial charge in [-0.05, 0) is 37.6 Å². The maximum absolute atomic E-state index is 10.4. The van der Waals surface area contributed by atoms with Crippen LogP contribution in [0.2, 0.25) is 0 Å². The van der Waals surface area contributed by atoms with E-state index in [1.807, 2.05) is 12.1 Å². The Hall–Kier alpha value is -0.930. The molecule has 0 aromatic carbocycles. The number of nitrogens with zero attached hydrogens (tertiary/aromatic N) is 2. The van der Waals surface area contributed by atoms with Crippen molar-refractivity contribution < 1.29 is 5.11 Å². The molecule has 0 radical (unpaired) electrons. The van der Waals surface area contributed by atoms with Crippen LogP contribution in [0.4, 0.5) is 0 Å². The summed E-state index contributed by atoms with van der Waals surface area (Å²) in [5.41, 5.74) is 0.371. The molecular weight excluding hydrogens is 176 g/mol. The summed E-state index contributed by atoms with van der Waals surface area (Å²) in [4.78, 5) is 6.21. The SMILES string of the molecule is CN1CCC(O)(c2ccncc2)CC1. The van der Waals surface area contributed by atoms with Gasteiger partial charge in [-0.1, -0.05) is 0 Å². The molecule has 14 heavy (non-hydrogen) atoms. The number of aromatic nitrogens is 1. The summed E-state index contributed by atoms with van der Waals surface area (Å²) in [5, 5.41) is 10.4. The van der Waals surface area contributed by atoms with Crippen LogP contribution < -0.4 is 0 Å². The van der Waals surface area contributed by atoms with Crippen LogP contribution in [-0.2, 0) is 5.60 Å². The van der Waals surface area contributed by atoms with Crippen molar-refractivity contribution >= 4 is 0 Å². The zero-order valence-corrected chi connectivity index (χ0v) is 8.48. The molecule has 1 saturated heterocycles. The second-order valence-electron chi connectivity index (χ2n) is 4.07. The number of piperidine rings is 1. The molecule has 3 nitrogen and oxygen atoms in total. The highest BCUT2D eigenvalue weighted by Gasteiger charge is 2.32. The van der Waals surface area contributed by atoms with Crippen molar-refractivity contribution in [1.82, 2.24) is 9.88 Å². The van der Waals surface area contributed by atoms with Gasteiger partial charge in [-0.2, -0.15) is 0 Å². The molecule has 76 valence electrons.